The summed E-state index contributed by atoms with van der Waals surface area (Å²) in [5, 5.41) is 5.95. The monoisotopic (exact) mass is 958 g/mol. The Hall–Kier alpha value is -4.67. The van der Waals surface area contributed by atoms with E-state index in [-0.39, 0.29) is 20.1 Å². The van der Waals surface area contributed by atoms with Crippen molar-refractivity contribution in [2.75, 3.05) is 0 Å². The third kappa shape index (κ3) is 8.55. The van der Waals surface area contributed by atoms with E-state index >= 15 is 0 Å². The van der Waals surface area contributed by atoms with Crippen LogP contribution in [-0.2, 0) is 20.1 Å². The predicted octanol–water partition coefficient (Wildman–Crippen LogP) is 14.7. The van der Waals surface area contributed by atoms with E-state index in [0.29, 0.717) is 11.8 Å². The molecule has 8 rings (SSSR count). The van der Waals surface area contributed by atoms with Gasteiger partial charge in [0.25, 0.3) is 0 Å². The van der Waals surface area contributed by atoms with Crippen LogP contribution >= 0.6 is 0 Å². The van der Waals surface area contributed by atoms with Crippen LogP contribution in [-0.4, -0.2) is 18.0 Å². The van der Waals surface area contributed by atoms with Crippen molar-refractivity contribution in [1.82, 2.24) is 9.97 Å². The maximum absolute atomic E-state index is 8.57. The van der Waals surface area contributed by atoms with Gasteiger partial charge in [-0.1, -0.05) is 178 Å². The van der Waals surface area contributed by atoms with E-state index in [1.54, 1.807) is 0 Å². The molecule has 0 amide bonds. The second kappa shape index (κ2) is 17.3. The molecule has 0 bridgehead atoms. The summed E-state index contributed by atoms with van der Waals surface area (Å²) >= 11 is 0. The maximum Gasteiger partial charge on any atom is 0.124 e. The van der Waals surface area contributed by atoms with E-state index in [1.165, 1.54) is 54.9 Å². The number of hydrogen-bond acceptors (Lipinski definition) is 3. The SMILES string of the molecule is Cc1cc(C)c(-c2c[c-]c(-c3cc(C(C)C)ccn3)c3oc4c(C(C)C)cccc4c23)c(C)c1.[2H]C(C)(C)c1cc(-c2[c-]cc3ccccc3c2)ncc1[Si](C)(C)C.[Ir]. The summed E-state index contributed by atoms with van der Waals surface area (Å²) in [6, 6.07) is 38.9. The Morgan fingerprint density at radius 1 is 0.690 bits per heavy atom. The summed E-state index contributed by atoms with van der Waals surface area (Å²) in [6.07, 6.45) is 3.89. The first-order valence-corrected chi connectivity index (χ1v) is 23.8. The zero-order valence-electron chi connectivity index (χ0n) is 37.1. The number of aryl methyl sites for hydroxylation is 3. The Morgan fingerprint density at radius 3 is 2.05 bits per heavy atom. The van der Waals surface area contributed by atoms with Gasteiger partial charge in [-0.05, 0) is 72.1 Å². The molecule has 0 saturated heterocycles. The van der Waals surface area contributed by atoms with Crippen LogP contribution in [0.5, 0.6) is 0 Å². The van der Waals surface area contributed by atoms with Crippen molar-refractivity contribution in [3.05, 3.63) is 149 Å². The van der Waals surface area contributed by atoms with Gasteiger partial charge in [-0.2, -0.15) is 0 Å². The standard InChI is InChI=1S/C32H32NO.C21H24NSi.Ir/c1-18(2)23-13-14-33-28(17-23)25-11-12-26(29-21(6)15-20(5)16-22(29)7)30-27-10-8-9-24(19(3)4)31(27)34-32(25)30;1-15(2)19-13-20(22-14-21(19)23(3,4)5)18-11-10-16-8-6-7-9-17(16)12-18;/h8-10,12-19H,1-7H3;6-10,12-15H,1-5H3;/q2*-1;/i;15D;. The van der Waals surface area contributed by atoms with Gasteiger partial charge in [-0.25, -0.2) is 0 Å². The number of pyridine rings is 2. The molecule has 3 aromatic heterocycles. The van der Waals surface area contributed by atoms with Crippen LogP contribution in [0.1, 0.15) is 94.0 Å². The van der Waals surface area contributed by atoms with E-state index in [4.69, 9.17) is 15.8 Å². The van der Waals surface area contributed by atoms with Crippen molar-refractivity contribution in [3.63, 3.8) is 0 Å². The molecule has 0 aliphatic heterocycles. The predicted molar refractivity (Wildman–Crippen MR) is 247 cm³/mol. The molecular formula is C53H56IrN2OSi-2. The molecule has 5 heteroatoms. The van der Waals surface area contributed by atoms with Gasteiger partial charge < -0.3 is 14.4 Å². The van der Waals surface area contributed by atoms with Gasteiger partial charge in [0.1, 0.15) is 5.58 Å². The second-order valence-corrected chi connectivity index (χ2v) is 22.5. The molecule has 0 N–H and O–H groups in total. The van der Waals surface area contributed by atoms with Gasteiger partial charge in [-0.15, -0.1) is 41.3 Å². The largest absolute Gasteiger partial charge is 0.500 e. The third-order valence-corrected chi connectivity index (χ3v) is 13.1. The van der Waals surface area contributed by atoms with Gasteiger partial charge in [0.2, 0.25) is 0 Å². The molecule has 58 heavy (non-hydrogen) atoms. The number of furan rings is 1. The molecule has 8 aromatic rings. The summed E-state index contributed by atoms with van der Waals surface area (Å²) in [4.78, 5) is 9.44. The molecule has 0 atom stereocenters. The van der Waals surface area contributed by atoms with Gasteiger partial charge in [0.05, 0.1) is 13.7 Å². The summed E-state index contributed by atoms with van der Waals surface area (Å²) in [5.41, 5.74) is 15.4. The van der Waals surface area contributed by atoms with E-state index < -0.39 is 14.0 Å². The molecule has 0 aliphatic rings. The average Bonchev–Trinajstić information content (AvgIpc) is 3.57. The Bertz CT molecular complexity index is 2780. The fraction of sp³-hybridized carbons (Fsp3) is 0.283. The zero-order chi connectivity index (χ0) is 41.7. The summed E-state index contributed by atoms with van der Waals surface area (Å²) in [7, 11) is -1.55. The van der Waals surface area contributed by atoms with Crippen molar-refractivity contribution in [2.24, 2.45) is 0 Å². The van der Waals surface area contributed by atoms with Crippen molar-refractivity contribution in [1.29, 1.82) is 0 Å². The van der Waals surface area contributed by atoms with Gasteiger partial charge >= 0.3 is 0 Å². The van der Waals surface area contributed by atoms with Gasteiger partial charge in [-0.3, -0.25) is 0 Å². The first-order valence-electron chi connectivity index (χ1n) is 20.8. The molecule has 3 nitrogen and oxygen atoms in total. The fourth-order valence-corrected chi connectivity index (χ4v) is 9.73. The minimum absolute atomic E-state index is 0. The molecule has 0 unspecified atom stereocenters. The summed E-state index contributed by atoms with van der Waals surface area (Å²) < 4.78 is 15.3. The van der Waals surface area contributed by atoms with E-state index in [2.05, 4.69) is 153 Å². The number of benzene rings is 5. The van der Waals surface area contributed by atoms with Crippen molar-refractivity contribution in [3.8, 4) is 33.6 Å². The topological polar surface area (TPSA) is 38.9 Å². The molecule has 1 radical (unpaired) electrons. The molecule has 0 saturated carbocycles. The number of nitrogens with zero attached hydrogens (tertiary/aromatic N) is 2. The summed E-state index contributed by atoms with van der Waals surface area (Å²) in [5.74, 6) is 0.160. The van der Waals surface area contributed by atoms with E-state index in [1.807, 2.05) is 44.4 Å². The first-order chi connectivity index (χ1) is 27.4. The van der Waals surface area contributed by atoms with Gasteiger partial charge in [0.15, 0.2) is 0 Å². The van der Waals surface area contributed by atoms with Crippen molar-refractivity contribution >= 4 is 46.0 Å². The summed E-state index contributed by atoms with van der Waals surface area (Å²) in [6.45, 7) is 26.2. The Labute approximate surface area is 362 Å². The van der Waals surface area contributed by atoms with E-state index in [9.17, 15) is 0 Å². The quantitative estimate of drug-likeness (QED) is 0.118. The number of hydrogen-bond donors (Lipinski definition) is 0. The van der Waals surface area contributed by atoms with Crippen molar-refractivity contribution in [2.45, 2.75) is 99.7 Å². The zero-order valence-corrected chi connectivity index (χ0v) is 39.5. The van der Waals surface area contributed by atoms with Crippen LogP contribution in [0.25, 0.3) is 66.4 Å². The average molecular weight is 958 g/mol. The second-order valence-electron chi connectivity index (χ2n) is 17.5. The van der Waals surface area contributed by atoms with Crippen LogP contribution in [0, 0.1) is 32.9 Å². The Morgan fingerprint density at radius 2 is 1.40 bits per heavy atom. The number of para-hydroxylation sites is 1. The molecule has 3 heterocycles. The Balaban J connectivity index is 0.000000207. The molecule has 5 aromatic carbocycles. The third-order valence-electron chi connectivity index (χ3n) is 11.1. The first kappa shape index (κ1) is 41.5. The van der Waals surface area contributed by atoms with Crippen LogP contribution < -0.4 is 5.19 Å². The molecule has 0 fully saturated rings. The fourth-order valence-electron chi connectivity index (χ4n) is 8.14. The van der Waals surface area contributed by atoms with Crippen LogP contribution in [0.2, 0.25) is 19.6 Å². The normalized spacial score (nSPS) is 12.2. The molecule has 0 aliphatic carbocycles. The van der Waals surface area contributed by atoms with Gasteiger partial charge in [0, 0.05) is 39.3 Å². The number of rotatable bonds is 7. The van der Waals surface area contributed by atoms with Crippen LogP contribution in [0.3, 0.4) is 0 Å². The molecule has 0 spiro atoms. The smallest absolute Gasteiger partial charge is 0.124 e. The number of aromatic nitrogens is 2. The minimum Gasteiger partial charge on any atom is -0.500 e. The maximum atomic E-state index is 8.57. The van der Waals surface area contributed by atoms with E-state index in [0.717, 1.165) is 50.0 Å². The number of fused-ring (bicyclic) bond motifs is 4. The molecule has 299 valence electrons. The van der Waals surface area contributed by atoms with Crippen LogP contribution in [0.15, 0.2) is 108 Å². The molecular weight excluding hydrogens is 901 g/mol. The van der Waals surface area contributed by atoms with Crippen LogP contribution in [0.4, 0.5) is 0 Å². The van der Waals surface area contributed by atoms with Crippen molar-refractivity contribution < 1.29 is 25.9 Å². The Kier molecular flexibility index (Phi) is 12.4. The minimum atomic E-state index is -1.55.